The van der Waals surface area contributed by atoms with Crippen LogP contribution in [0, 0.1) is 0 Å². The first-order valence-electron chi connectivity index (χ1n) is 10.5. The van der Waals surface area contributed by atoms with E-state index in [0.29, 0.717) is 50.0 Å². The van der Waals surface area contributed by atoms with Crippen LogP contribution in [0.3, 0.4) is 0 Å². The molecule has 0 fully saturated rings. The molecule has 0 bridgehead atoms. The van der Waals surface area contributed by atoms with Gasteiger partial charge in [-0.05, 0) is 48.8 Å². The molecule has 0 saturated carbocycles. The Morgan fingerprint density at radius 1 is 1.30 bits per heavy atom. The van der Waals surface area contributed by atoms with Crippen LogP contribution in [0.25, 0.3) is 0 Å². The number of aliphatic hydroxyl groups is 1. The van der Waals surface area contributed by atoms with Gasteiger partial charge in [0.15, 0.2) is 15.5 Å². The minimum atomic E-state index is -4.93. The van der Waals surface area contributed by atoms with Crippen molar-refractivity contribution < 1.29 is 32.0 Å². The van der Waals surface area contributed by atoms with Gasteiger partial charge in [0.2, 0.25) is 5.88 Å². The predicted octanol–water partition coefficient (Wildman–Crippen LogP) is 2.78. The fourth-order valence-corrected chi connectivity index (χ4v) is 5.89. The number of fused-ring (bicyclic) bond motifs is 3. The van der Waals surface area contributed by atoms with Crippen molar-refractivity contribution in [3.8, 4) is 5.88 Å². The van der Waals surface area contributed by atoms with Gasteiger partial charge in [-0.15, -0.1) is 4.36 Å². The third kappa shape index (κ3) is 3.49. The summed E-state index contributed by atoms with van der Waals surface area (Å²) in [5.74, 6) is 0.151. The fourth-order valence-electron chi connectivity index (χ4n) is 4.89. The monoisotopic (exact) mass is 485 g/mol. The van der Waals surface area contributed by atoms with Gasteiger partial charge in [0.05, 0.1) is 18.5 Å². The van der Waals surface area contributed by atoms with E-state index >= 15 is 0 Å². The molecule has 0 saturated heterocycles. The zero-order chi connectivity index (χ0) is 23.6. The van der Waals surface area contributed by atoms with Gasteiger partial charge in [-0.1, -0.05) is 6.07 Å². The van der Waals surface area contributed by atoms with Gasteiger partial charge >= 0.3 is 12.2 Å². The Balaban J connectivity index is 1.56. The normalized spacial score (nSPS) is 23.2. The average Bonchev–Trinajstić information content (AvgIpc) is 3.44. The maximum absolute atomic E-state index is 13.8. The summed E-state index contributed by atoms with van der Waals surface area (Å²) in [6, 6.07) is 0.508. The number of aromatic nitrogens is 2. The number of nitrogens with one attached hydrogen (secondary N) is 1. The number of nitrogens with zero attached hydrogens (tertiary/aromatic N) is 3. The summed E-state index contributed by atoms with van der Waals surface area (Å²) in [7, 11) is -3.79. The van der Waals surface area contributed by atoms with Crippen LogP contribution in [-0.2, 0) is 41.3 Å². The number of nitrogens with two attached hydrogens (primary N) is 1. The first-order chi connectivity index (χ1) is 15.5. The highest BCUT2D eigenvalue weighted by Gasteiger charge is 2.59. The Morgan fingerprint density at radius 2 is 2.09 bits per heavy atom. The molecular weight excluding hydrogens is 463 g/mol. The number of aryl methyl sites for hydroxylation is 3. The maximum atomic E-state index is 13.8. The van der Waals surface area contributed by atoms with Crippen molar-refractivity contribution >= 4 is 21.6 Å². The predicted molar refractivity (Wildman–Crippen MR) is 111 cm³/mol. The van der Waals surface area contributed by atoms with Gasteiger partial charge in [0.25, 0.3) is 0 Å². The Bertz CT molecular complexity index is 1280. The van der Waals surface area contributed by atoms with Crippen LogP contribution in [0.2, 0.25) is 0 Å². The molecule has 1 aliphatic heterocycles. The topological polar surface area (TPSA) is 132 Å². The summed E-state index contributed by atoms with van der Waals surface area (Å²) in [6.45, 7) is 0.883. The Kier molecular flexibility index (Phi) is 4.99. The zero-order valence-corrected chi connectivity index (χ0v) is 18.3. The molecule has 5 rings (SSSR count). The standard InChI is InChI=1S/C20H22F3N5O4S/c21-20(22,23)19(30)6-5-12-9-11-3-1-4-13(11)16(15(12)19)26-18(29)27-33(24,31)14-10-25-28-7-2-8-32-17(14)28/h9-10,30H,1-8H2,(H3,24,26,27,29,31)/t19-,33+/m0/s1. The quantitative estimate of drug-likeness (QED) is 0.602. The van der Waals surface area contributed by atoms with E-state index in [1.165, 1.54) is 10.9 Å². The van der Waals surface area contributed by atoms with E-state index in [9.17, 15) is 27.3 Å². The van der Waals surface area contributed by atoms with E-state index in [0.717, 1.165) is 5.56 Å². The average molecular weight is 485 g/mol. The van der Waals surface area contributed by atoms with Gasteiger partial charge < -0.3 is 15.2 Å². The number of carbonyl (C=O) groups excluding carboxylic acids is 1. The van der Waals surface area contributed by atoms with Crippen LogP contribution in [0.5, 0.6) is 5.88 Å². The molecule has 2 amide bonds. The number of carbonyl (C=O) groups is 1. The van der Waals surface area contributed by atoms with Crippen molar-refractivity contribution in [3.05, 3.63) is 34.5 Å². The number of ether oxygens (including phenoxy) is 1. The summed E-state index contributed by atoms with van der Waals surface area (Å²) in [5, 5.41) is 22.9. The number of rotatable bonds is 2. The number of amides is 2. The minimum absolute atomic E-state index is 0.0200. The second-order valence-corrected chi connectivity index (χ2v) is 10.2. The summed E-state index contributed by atoms with van der Waals surface area (Å²) in [5.41, 5.74) is -1.90. The van der Waals surface area contributed by atoms with E-state index in [1.807, 2.05) is 0 Å². The number of hydrogen-bond acceptors (Lipinski definition) is 5. The number of benzene rings is 1. The van der Waals surface area contributed by atoms with E-state index in [1.54, 1.807) is 6.07 Å². The van der Waals surface area contributed by atoms with E-state index in [2.05, 4.69) is 14.8 Å². The van der Waals surface area contributed by atoms with Gasteiger partial charge in [0, 0.05) is 18.5 Å². The van der Waals surface area contributed by atoms with Crippen molar-refractivity contribution in [2.24, 2.45) is 9.50 Å². The van der Waals surface area contributed by atoms with Crippen molar-refractivity contribution in [3.63, 3.8) is 0 Å². The van der Waals surface area contributed by atoms with Gasteiger partial charge in [-0.2, -0.15) is 18.3 Å². The molecule has 2 aromatic rings. The lowest BCUT2D eigenvalue weighted by Gasteiger charge is -2.29. The number of alkyl halides is 3. The lowest BCUT2D eigenvalue weighted by atomic mass is 9.90. The van der Waals surface area contributed by atoms with Gasteiger partial charge in [-0.3, -0.25) is 0 Å². The van der Waals surface area contributed by atoms with E-state index in [4.69, 9.17) is 9.88 Å². The first kappa shape index (κ1) is 22.2. The lowest BCUT2D eigenvalue weighted by molar-refractivity contribution is -0.265. The number of hydrogen-bond donors (Lipinski definition) is 3. The molecule has 2 heterocycles. The summed E-state index contributed by atoms with van der Waals surface area (Å²) >= 11 is 0. The highest BCUT2D eigenvalue weighted by Crippen LogP contribution is 2.53. The molecule has 3 aliphatic rings. The van der Waals surface area contributed by atoms with Crippen molar-refractivity contribution in [1.29, 1.82) is 0 Å². The van der Waals surface area contributed by atoms with Gasteiger partial charge in [-0.25, -0.2) is 18.8 Å². The van der Waals surface area contributed by atoms with Crippen LogP contribution in [0.4, 0.5) is 23.7 Å². The van der Waals surface area contributed by atoms with E-state index in [-0.39, 0.29) is 28.4 Å². The fraction of sp³-hybridized carbons (Fsp3) is 0.500. The molecule has 0 unspecified atom stereocenters. The van der Waals surface area contributed by atoms with E-state index < -0.39 is 34.1 Å². The van der Waals surface area contributed by atoms with Crippen LogP contribution in [0.1, 0.15) is 41.5 Å². The summed E-state index contributed by atoms with van der Waals surface area (Å²) in [4.78, 5) is 12.7. The molecule has 9 nitrogen and oxygen atoms in total. The van der Waals surface area contributed by atoms with Crippen molar-refractivity contribution in [2.45, 2.75) is 61.7 Å². The van der Waals surface area contributed by atoms with Crippen LogP contribution >= 0.6 is 0 Å². The third-order valence-electron chi connectivity index (χ3n) is 6.40. The largest absolute Gasteiger partial charge is 0.477 e. The molecule has 0 spiro atoms. The molecule has 0 radical (unpaired) electrons. The summed E-state index contributed by atoms with van der Waals surface area (Å²) in [6.07, 6.45) is -1.75. The zero-order valence-electron chi connectivity index (χ0n) is 17.4. The molecular formula is C20H22F3N5O4S. The van der Waals surface area contributed by atoms with Crippen LogP contribution in [0.15, 0.2) is 21.5 Å². The number of urea groups is 1. The number of halogens is 3. The Morgan fingerprint density at radius 3 is 2.85 bits per heavy atom. The first-order valence-corrected chi connectivity index (χ1v) is 12.1. The highest BCUT2D eigenvalue weighted by molar-refractivity contribution is 7.91. The lowest BCUT2D eigenvalue weighted by Crippen LogP contribution is -2.41. The van der Waals surface area contributed by atoms with Crippen LogP contribution in [-0.4, -0.2) is 37.9 Å². The second-order valence-electron chi connectivity index (χ2n) is 8.46. The summed E-state index contributed by atoms with van der Waals surface area (Å²) < 4.78 is 65.1. The molecule has 178 valence electrons. The smallest absolute Gasteiger partial charge is 0.421 e. The third-order valence-corrected chi connectivity index (χ3v) is 7.75. The van der Waals surface area contributed by atoms with Crippen LogP contribution < -0.4 is 15.2 Å². The SMILES string of the molecule is N[S@@](=O)(=NC(=O)Nc1c2c(cc3c1[C@](O)(C(F)(F)F)CC3)CCC2)c1cnn2c1OCCC2. The molecule has 2 atom stereocenters. The van der Waals surface area contributed by atoms with Crippen molar-refractivity contribution in [1.82, 2.24) is 9.78 Å². The molecule has 4 N–H and O–H groups in total. The molecule has 33 heavy (non-hydrogen) atoms. The molecule has 13 heteroatoms. The minimum Gasteiger partial charge on any atom is -0.477 e. The second kappa shape index (κ2) is 7.43. The Labute approximate surface area is 187 Å². The molecule has 1 aromatic carbocycles. The maximum Gasteiger partial charge on any atom is 0.421 e. The number of anilines is 1. The Hall–Kier alpha value is -2.64. The molecule has 2 aliphatic carbocycles. The molecule has 1 aromatic heterocycles. The van der Waals surface area contributed by atoms with Crippen molar-refractivity contribution in [2.75, 3.05) is 11.9 Å². The highest BCUT2D eigenvalue weighted by atomic mass is 32.2. The van der Waals surface area contributed by atoms with Gasteiger partial charge in [0.1, 0.15) is 4.90 Å².